The zero-order valence-corrected chi connectivity index (χ0v) is 9.99. The number of ether oxygens (including phenoxy) is 1. The first kappa shape index (κ1) is 14.2. The molecule has 0 aliphatic carbocycles. The number of carbonyl (C=O) groups excluding carboxylic acids is 1. The number of methoxy groups -OCH3 is 1. The van der Waals surface area contributed by atoms with E-state index in [1.165, 1.54) is 13.5 Å². The van der Waals surface area contributed by atoms with Gasteiger partial charge in [0.1, 0.15) is 0 Å². The summed E-state index contributed by atoms with van der Waals surface area (Å²) in [6.45, 7) is 4.25. The maximum atomic E-state index is 10.9. The van der Waals surface area contributed by atoms with Crippen molar-refractivity contribution in [3.8, 4) is 6.07 Å². The Labute approximate surface area is 96.7 Å². The molecule has 0 N–H and O–H groups in total. The topological polar surface area (TPSA) is 50.1 Å². The van der Waals surface area contributed by atoms with Crippen LogP contribution in [0, 0.1) is 11.3 Å². The van der Waals surface area contributed by atoms with Gasteiger partial charge in [0, 0.05) is 0 Å². The Morgan fingerprint density at radius 3 is 2.56 bits per heavy atom. The van der Waals surface area contributed by atoms with Crippen molar-refractivity contribution in [1.29, 1.82) is 5.26 Å². The fourth-order valence-electron chi connectivity index (χ4n) is 0.990. The number of nitrogens with zero attached hydrogens (tertiary/aromatic N) is 1. The van der Waals surface area contributed by atoms with E-state index in [-0.39, 0.29) is 12.4 Å². The van der Waals surface area contributed by atoms with E-state index in [4.69, 9.17) is 5.26 Å². The first-order valence-corrected chi connectivity index (χ1v) is 5.23. The summed E-state index contributed by atoms with van der Waals surface area (Å²) in [6.07, 6.45) is 1.46. The number of carbonyl (C=O) groups is 1. The SMILES string of the molecule is CCC.COC(=O)Cc1cccc(C#N)c1. The van der Waals surface area contributed by atoms with E-state index in [0.29, 0.717) is 5.56 Å². The molecule has 0 fully saturated rings. The van der Waals surface area contributed by atoms with Crippen LogP contribution in [0.4, 0.5) is 0 Å². The van der Waals surface area contributed by atoms with Crippen LogP contribution in [0.5, 0.6) is 0 Å². The van der Waals surface area contributed by atoms with E-state index in [2.05, 4.69) is 18.6 Å². The van der Waals surface area contributed by atoms with E-state index in [9.17, 15) is 4.79 Å². The highest BCUT2D eigenvalue weighted by Gasteiger charge is 2.02. The number of nitriles is 1. The van der Waals surface area contributed by atoms with E-state index in [1.807, 2.05) is 6.07 Å². The summed E-state index contributed by atoms with van der Waals surface area (Å²) in [5.41, 5.74) is 1.35. The standard InChI is InChI=1S/C10H9NO2.C3H8/c1-13-10(12)6-8-3-2-4-9(5-8)7-11;1-3-2/h2-5H,6H2,1H3;3H2,1-2H3. The summed E-state index contributed by atoms with van der Waals surface area (Å²) >= 11 is 0. The Hall–Kier alpha value is -1.82. The van der Waals surface area contributed by atoms with Gasteiger partial charge in [0.05, 0.1) is 25.2 Å². The number of benzene rings is 1. The van der Waals surface area contributed by atoms with Gasteiger partial charge in [-0.3, -0.25) is 4.79 Å². The van der Waals surface area contributed by atoms with Crippen LogP contribution in [0.1, 0.15) is 31.4 Å². The minimum atomic E-state index is -0.296. The summed E-state index contributed by atoms with van der Waals surface area (Å²) in [5, 5.41) is 8.59. The summed E-state index contributed by atoms with van der Waals surface area (Å²) in [6, 6.07) is 8.92. The smallest absolute Gasteiger partial charge is 0.309 e. The number of hydrogen-bond donors (Lipinski definition) is 0. The molecule has 0 aliphatic heterocycles. The van der Waals surface area contributed by atoms with Crippen molar-refractivity contribution in [3.05, 3.63) is 35.4 Å². The first-order valence-electron chi connectivity index (χ1n) is 5.23. The predicted octanol–water partition coefficient (Wildman–Crippen LogP) is 2.69. The molecule has 1 rings (SSSR count). The lowest BCUT2D eigenvalue weighted by Gasteiger charge is -1.99. The van der Waals surface area contributed by atoms with Gasteiger partial charge in [0.2, 0.25) is 0 Å². The second kappa shape index (κ2) is 8.49. The molecule has 3 heteroatoms. The molecule has 0 spiro atoms. The Kier molecular flexibility index (Phi) is 7.52. The minimum Gasteiger partial charge on any atom is -0.469 e. The van der Waals surface area contributed by atoms with E-state index >= 15 is 0 Å². The summed E-state index contributed by atoms with van der Waals surface area (Å²) in [7, 11) is 1.34. The van der Waals surface area contributed by atoms with Crippen molar-refractivity contribution in [2.45, 2.75) is 26.7 Å². The summed E-state index contributed by atoms with van der Waals surface area (Å²) < 4.78 is 4.51. The van der Waals surface area contributed by atoms with Crippen molar-refractivity contribution in [3.63, 3.8) is 0 Å². The van der Waals surface area contributed by atoms with Crippen molar-refractivity contribution < 1.29 is 9.53 Å². The van der Waals surface area contributed by atoms with Crippen molar-refractivity contribution in [1.82, 2.24) is 0 Å². The summed E-state index contributed by atoms with van der Waals surface area (Å²) in [4.78, 5) is 10.9. The lowest BCUT2D eigenvalue weighted by atomic mass is 10.1. The van der Waals surface area contributed by atoms with E-state index in [1.54, 1.807) is 24.3 Å². The molecule has 1 aromatic rings. The maximum Gasteiger partial charge on any atom is 0.309 e. The molecule has 0 amide bonds. The van der Waals surface area contributed by atoms with Crippen molar-refractivity contribution >= 4 is 5.97 Å². The second-order valence-electron chi connectivity index (χ2n) is 3.27. The molecule has 0 bridgehead atoms. The fourth-order valence-corrected chi connectivity index (χ4v) is 0.990. The van der Waals surface area contributed by atoms with Crippen molar-refractivity contribution in [2.75, 3.05) is 7.11 Å². The quantitative estimate of drug-likeness (QED) is 0.718. The largest absolute Gasteiger partial charge is 0.469 e. The van der Waals surface area contributed by atoms with E-state index < -0.39 is 0 Å². The molecule has 0 aliphatic rings. The van der Waals surface area contributed by atoms with Crippen LogP contribution in [-0.2, 0) is 16.0 Å². The third-order valence-corrected chi connectivity index (χ3v) is 1.63. The Bertz CT molecular complexity index is 366. The second-order valence-corrected chi connectivity index (χ2v) is 3.27. The predicted molar refractivity (Wildman–Crippen MR) is 62.8 cm³/mol. The highest BCUT2D eigenvalue weighted by molar-refractivity contribution is 5.72. The van der Waals surface area contributed by atoms with Gasteiger partial charge in [-0.25, -0.2) is 0 Å². The van der Waals surface area contributed by atoms with Gasteiger partial charge in [-0.05, 0) is 17.7 Å². The third kappa shape index (κ3) is 5.82. The highest BCUT2D eigenvalue weighted by Crippen LogP contribution is 2.05. The number of rotatable bonds is 2. The van der Waals surface area contributed by atoms with Crippen LogP contribution in [-0.4, -0.2) is 13.1 Å². The van der Waals surface area contributed by atoms with Crippen LogP contribution in [0.25, 0.3) is 0 Å². The van der Waals surface area contributed by atoms with Gasteiger partial charge in [0.25, 0.3) is 0 Å². The first-order chi connectivity index (χ1) is 7.67. The molecular weight excluding hydrogens is 202 g/mol. The molecule has 0 unspecified atom stereocenters. The van der Waals surface area contributed by atoms with Gasteiger partial charge < -0.3 is 4.74 Å². The molecular formula is C13H17NO2. The van der Waals surface area contributed by atoms with Crippen LogP contribution >= 0.6 is 0 Å². The molecule has 0 radical (unpaired) electrons. The molecule has 0 saturated carbocycles. The van der Waals surface area contributed by atoms with Gasteiger partial charge in [-0.1, -0.05) is 32.4 Å². The van der Waals surface area contributed by atoms with Gasteiger partial charge in [0.15, 0.2) is 0 Å². The Balaban J connectivity index is 0.000000673. The molecule has 0 aromatic heterocycles. The number of hydrogen-bond acceptors (Lipinski definition) is 3. The molecule has 1 aromatic carbocycles. The molecule has 3 nitrogen and oxygen atoms in total. The maximum absolute atomic E-state index is 10.9. The van der Waals surface area contributed by atoms with Gasteiger partial charge >= 0.3 is 5.97 Å². The minimum absolute atomic E-state index is 0.214. The highest BCUT2D eigenvalue weighted by atomic mass is 16.5. The molecule has 16 heavy (non-hydrogen) atoms. The zero-order chi connectivity index (χ0) is 12.4. The van der Waals surface area contributed by atoms with Crippen LogP contribution in [0.2, 0.25) is 0 Å². The molecule has 86 valence electrons. The Morgan fingerprint density at radius 1 is 1.44 bits per heavy atom. The van der Waals surface area contributed by atoms with Crippen LogP contribution in [0.3, 0.4) is 0 Å². The lowest BCUT2D eigenvalue weighted by Crippen LogP contribution is -2.04. The fraction of sp³-hybridized carbons (Fsp3) is 0.385. The Morgan fingerprint density at radius 2 is 2.06 bits per heavy atom. The van der Waals surface area contributed by atoms with Crippen LogP contribution in [0.15, 0.2) is 24.3 Å². The van der Waals surface area contributed by atoms with Crippen molar-refractivity contribution in [2.24, 2.45) is 0 Å². The van der Waals surface area contributed by atoms with Gasteiger partial charge in [-0.2, -0.15) is 5.26 Å². The van der Waals surface area contributed by atoms with Gasteiger partial charge in [-0.15, -0.1) is 0 Å². The van der Waals surface area contributed by atoms with E-state index in [0.717, 1.165) is 5.56 Å². The van der Waals surface area contributed by atoms with Crippen LogP contribution < -0.4 is 0 Å². The molecule has 0 saturated heterocycles. The monoisotopic (exact) mass is 219 g/mol. The molecule has 0 atom stereocenters. The average Bonchev–Trinajstić information content (AvgIpc) is 2.30. The summed E-state index contributed by atoms with van der Waals surface area (Å²) in [5.74, 6) is -0.296. The lowest BCUT2D eigenvalue weighted by molar-refractivity contribution is -0.139. The normalized spacial score (nSPS) is 8.38. The number of esters is 1. The average molecular weight is 219 g/mol. The zero-order valence-electron chi connectivity index (χ0n) is 9.99. The molecule has 0 heterocycles. The third-order valence-electron chi connectivity index (χ3n) is 1.63.